The molecule has 0 aromatic carbocycles. The lowest BCUT2D eigenvalue weighted by Gasteiger charge is -1.99. The lowest BCUT2D eigenvalue weighted by atomic mass is 11.0. The Kier molecular flexibility index (Phi) is 2.58. The van der Waals surface area contributed by atoms with Gasteiger partial charge in [-0.25, -0.2) is 14.4 Å². The first kappa shape index (κ1) is 8.36. The molecule has 7 heteroatoms. The van der Waals surface area contributed by atoms with Crippen molar-refractivity contribution in [2.24, 2.45) is 0 Å². The number of nitrogens with one attached hydrogen (secondary N) is 2. The summed E-state index contributed by atoms with van der Waals surface area (Å²) in [7, 11) is -4.26. The molecular formula is C2H5F2N2O2P. The fourth-order valence-corrected chi connectivity index (χ4v) is 0.522. The molecule has 0 bridgehead atoms. The third kappa shape index (κ3) is 5.23. The predicted octanol–water partition coefficient (Wildman–Crippen LogP) is 0.962. The van der Waals surface area contributed by atoms with E-state index in [2.05, 4.69) is 0 Å². The molecule has 0 fully saturated rings. The molecule has 2 amide bonds. The molecule has 0 aromatic heterocycles. The molecule has 0 rings (SSSR count). The largest absolute Gasteiger partial charge is 0.511 e. The van der Waals surface area contributed by atoms with Crippen molar-refractivity contribution < 1.29 is 17.8 Å². The van der Waals surface area contributed by atoms with Crippen LogP contribution in [0.3, 0.4) is 0 Å². The van der Waals surface area contributed by atoms with E-state index in [4.69, 9.17) is 0 Å². The molecule has 54 valence electrons. The van der Waals surface area contributed by atoms with E-state index >= 15 is 0 Å². The predicted molar refractivity (Wildman–Crippen MR) is 27.4 cm³/mol. The van der Waals surface area contributed by atoms with Crippen LogP contribution in [0.4, 0.5) is 13.2 Å². The van der Waals surface area contributed by atoms with Crippen LogP contribution in [0.25, 0.3) is 0 Å². The molecule has 9 heavy (non-hydrogen) atoms. The first-order valence-electron chi connectivity index (χ1n) is 1.95. The maximum Gasteiger partial charge on any atom is 0.511 e. The number of urea groups is 1. The molecule has 0 radical (unpaired) electrons. The monoisotopic (exact) mass is 158 g/mol. The first-order chi connectivity index (χ1) is 3.95. The van der Waals surface area contributed by atoms with E-state index in [-0.39, 0.29) is 0 Å². The topological polar surface area (TPSA) is 58.2 Å². The number of amides is 2. The second-order valence-corrected chi connectivity index (χ2v) is 2.30. The number of hydrogen-bond donors (Lipinski definition) is 2. The fourth-order valence-electron chi connectivity index (χ4n) is 0.174. The van der Waals surface area contributed by atoms with Gasteiger partial charge in [0.25, 0.3) is 0 Å². The zero-order valence-electron chi connectivity index (χ0n) is 4.52. The van der Waals surface area contributed by atoms with Crippen molar-refractivity contribution in [1.82, 2.24) is 10.4 Å². The summed E-state index contributed by atoms with van der Waals surface area (Å²) in [6.45, 7) is 0. The zero-order chi connectivity index (χ0) is 7.49. The Morgan fingerprint density at radius 2 is 2.00 bits per heavy atom. The zero-order valence-corrected chi connectivity index (χ0v) is 5.41. The first-order valence-corrected chi connectivity index (χ1v) is 3.44. The van der Waals surface area contributed by atoms with Crippen LogP contribution in [0.2, 0.25) is 0 Å². The Bertz CT molecular complexity index is 155. The summed E-state index contributed by atoms with van der Waals surface area (Å²) in [6, 6.07) is -1.15. The highest BCUT2D eigenvalue weighted by Gasteiger charge is 2.20. The van der Waals surface area contributed by atoms with Crippen LogP contribution in [0.1, 0.15) is 0 Å². The Morgan fingerprint density at radius 1 is 1.56 bits per heavy atom. The average Bonchev–Trinajstić information content (AvgIpc) is 1.62. The van der Waals surface area contributed by atoms with E-state index in [1.165, 1.54) is 0 Å². The number of carbonyl (C=O) groups excluding carboxylic acids is 1. The minimum absolute atomic E-state index is 0.941. The van der Waals surface area contributed by atoms with E-state index in [0.29, 0.717) is 0 Å². The van der Waals surface area contributed by atoms with Crippen molar-refractivity contribution in [1.29, 1.82) is 0 Å². The van der Waals surface area contributed by atoms with Gasteiger partial charge in [-0.05, 0) is 0 Å². The molecule has 0 aliphatic rings. The maximum absolute atomic E-state index is 11.3. The number of rotatable bonds is 1. The average molecular weight is 158 g/mol. The molecule has 0 aliphatic carbocycles. The summed E-state index contributed by atoms with van der Waals surface area (Å²) < 4.78 is 32.2. The van der Waals surface area contributed by atoms with Crippen molar-refractivity contribution in [2.45, 2.75) is 0 Å². The highest BCUT2D eigenvalue weighted by molar-refractivity contribution is 7.51. The van der Waals surface area contributed by atoms with Gasteiger partial charge in [0.15, 0.2) is 0 Å². The van der Waals surface area contributed by atoms with Crippen LogP contribution in [-0.4, -0.2) is 13.1 Å². The summed E-state index contributed by atoms with van der Waals surface area (Å²) in [5.41, 5.74) is 0. The molecule has 0 atom stereocenters. The van der Waals surface area contributed by atoms with E-state index < -0.39 is 13.9 Å². The third-order valence-electron chi connectivity index (χ3n) is 0.459. The Hall–Kier alpha value is -0.640. The minimum atomic E-state index is -5.40. The molecule has 0 unspecified atom stereocenters. The second kappa shape index (κ2) is 2.77. The maximum atomic E-state index is 11.3. The number of carbonyl (C=O) groups is 1. The van der Waals surface area contributed by atoms with Crippen molar-refractivity contribution in [2.75, 3.05) is 7.05 Å². The summed E-state index contributed by atoms with van der Waals surface area (Å²) in [4.78, 5) is 9.95. The SMILES string of the molecule is CNC(=O)NP(=O)(F)F. The molecule has 0 spiro atoms. The van der Waals surface area contributed by atoms with E-state index in [1.807, 2.05) is 5.32 Å². The van der Waals surface area contributed by atoms with Gasteiger partial charge in [-0.15, -0.1) is 8.39 Å². The molecule has 0 aromatic rings. The molecule has 4 nitrogen and oxygen atoms in total. The smallest absolute Gasteiger partial charge is 0.341 e. The van der Waals surface area contributed by atoms with Gasteiger partial charge in [-0.3, -0.25) is 0 Å². The number of hydrogen-bond acceptors (Lipinski definition) is 2. The summed E-state index contributed by atoms with van der Waals surface area (Å²) in [5.74, 6) is 0. The molecule has 0 aliphatic heterocycles. The molecule has 0 saturated carbocycles. The van der Waals surface area contributed by atoms with Gasteiger partial charge in [-0.2, -0.15) is 0 Å². The van der Waals surface area contributed by atoms with Crippen molar-refractivity contribution in [3.63, 3.8) is 0 Å². The lowest BCUT2D eigenvalue weighted by Crippen LogP contribution is -2.28. The second-order valence-electron chi connectivity index (χ2n) is 1.15. The van der Waals surface area contributed by atoms with Crippen LogP contribution >= 0.6 is 7.91 Å². The van der Waals surface area contributed by atoms with Gasteiger partial charge in [0.05, 0.1) is 0 Å². The van der Waals surface area contributed by atoms with Gasteiger partial charge in [0, 0.05) is 7.05 Å². The van der Waals surface area contributed by atoms with Gasteiger partial charge in [0.2, 0.25) is 0 Å². The van der Waals surface area contributed by atoms with E-state index in [0.717, 1.165) is 12.1 Å². The van der Waals surface area contributed by atoms with Crippen LogP contribution in [0.15, 0.2) is 0 Å². The standard InChI is InChI=1S/C2H5F2N2O2P/c1-5-2(7)6-9(3,4)8/h1H3,(H2,5,6,7,8). The van der Waals surface area contributed by atoms with E-state index in [9.17, 15) is 17.8 Å². The minimum Gasteiger partial charge on any atom is -0.341 e. The number of halogens is 2. The normalized spacial score (nSPS) is 10.6. The van der Waals surface area contributed by atoms with Gasteiger partial charge >= 0.3 is 13.9 Å². The summed E-state index contributed by atoms with van der Waals surface area (Å²) in [5, 5.41) is 2.76. The van der Waals surface area contributed by atoms with E-state index in [1.54, 1.807) is 0 Å². The van der Waals surface area contributed by atoms with Crippen molar-refractivity contribution >= 4 is 13.9 Å². The van der Waals surface area contributed by atoms with Crippen LogP contribution in [0, 0.1) is 0 Å². The van der Waals surface area contributed by atoms with Crippen LogP contribution < -0.4 is 10.4 Å². The Morgan fingerprint density at radius 3 is 2.11 bits per heavy atom. The summed E-state index contributed by atoms with van der Waals surface area (Å²) in [6.07, 6.45) is 0. The lowest BCUT2D eigenvalue weighted by molar-refractivity contribution is 0.246. The van der Waals surface area contributed by atoms with Crippen molar-refractivity contribution in [3.8, 4) is 0 Å². The Labute approximate surface area is 50.3 Å². The van der Waals surface area contributed by atoms with Gasteiger partial charge in [0.1, 0.15) is 0 Å². The molecular weight excluding hydrogens is 153 g/mol. The van der Waals surface area contributed by atoms with Crippen LogP contribution in [0.5, 0.6) is 0 Å². The fraction of sp³-hybridized carbons (Fsp3) is 0.500. The quantitative estimate of drug-likeness (QED) is 0.558. The highest BCUT2D eigenvalue weighted by Crippen LogP contribution is 2.43. The molecule has 2 N–H and O–H groups in total. The molecule has 0 heterocycles. The van der Waals surface area contributed by atoms with Gasteiger partial charge < -0.3 is 5.32 Å². The highest BCUT2D eigenvalue weighted by atomic mass is 31.2. The third-order valence-corrected chi connectivity index (χ3v) is 0.922. The Balaban J connectivity index is 3.75. The van der Waals surface area contributed by atoms with Crippen LogP contribution in [-0.2, 0) is 4.57 Å². The molecule has 0 saturated heterocycles. The van der Waals surface area contributed by atoms with Gasteiger partial charge in [-0.1, -0.05) is 0 Å². The van der Waals surface area contributed by atoms with Crippen molar-refractivity contribution in [3.05, 3.63) is 0 Å². The summed E-state index contributed by atoms with van der Waals surface area (Å²) >= 11 is 0.